The lowest BCUT2D eigenvalue weighted by molar-refractivity contribution is 0.357. The summed E-state index contributed by atoms with van der Waals surface area (Å²) in [6.45, 7) is 1.54. The fraction of sp³-hybridized carbons (Fsp3) is 0.333. The van der Waals surface area contributed by atoms with E-state index >= 15 is 0 Å². The van der Waals surface area contributed by atoms with E-state index in [-0.39, 0.29) is 0 Å². The molecule has 0 atom stereocenters. The summed E-state index contributed by atoms with van der Waals surface area (Å²) in [6.07, 6.45) is 6.20. The van der Waals surface area contributed by atoms with E-state index in [1.807, 2.05) is 6.07 Å². The van der Waals surface area contributed by atoms with E-state index in [1.54, 1.807) is 0 Å². The van der Waals surface area contributed by atoms with E-state index < -0.39 is 0 Å². The van der Waals surface area contributed by atoms with Gasteiger partial charge in [-0.1, -0.05) is 18.2 Å². The molecule has 2 nitrogen and oxygen atoms in total. The average molecular weight is 189 g/mol. The highest BCUT2D eigenvalue weighted by Crippen LogP contribution is 2.26. The Morgan fingerprint density at radius 3 is 3.21 bits per heavy atom. The fourth-order valence-electron chi connectivity index (χ4n) is 1.63. The second kappa shape index (κ2) is 4.29. The van der Waals surface area contributed by atoms with Crippen molar-refractivity contribution in [1.29, 1.82) is 0 Å². The molecule has 0 fully saturated rings. The Kier molecular flexibility index (Phi) is 2.84. The fourth-order valence-corrected chi connectivity index (χ4v) is 1.63. The molecule has 2 rings (SSSR count). The summed E-state index contributed by atoms with van der Waals surface area (Å²) in [4.78, 5) is 0. The highest BCUT2D eigenvalue weighted by atomic mass is 16.5. The van der Waals surface area contributed by atoms with Gasteiger partial charge in [0, 0.05) is 6.42 Å². The van der Waals surface area contributed by atoms with Crippen LogP contribution in [0, 0.1) is 0 Å². The van der Waals surface area contributed by atoms with Gasteiger partial charge in [0.1, 0.15) is 5.75 Å². The minimum absolute atomic E-state index is 0.713. The van der Waals surface area contributed by atoms with Crippen LogP contribution in [0.5, 0.6) is 5.75 Å². The minimum atomic E-state index is 0.713. The molecule has 0 bridgehead atoms. The summed E-state index contributed by atoms with van der Waals surface area (Å²) >= 11 is 0. The van der Waals surface area contributed by atoms with Gasteiger partial charge in [-0.3, -0.25) is 0 Å². The number of fused-ring (bicyclic) bond motifs is 1. The Morgan fingerprint density at radius 2 is 2.36 bits per heavy atom. The lowest BCUT2D eigenvalue weighted by Gasteiger charge is -1.99. The molecular weight excluding hydrogens is 174 g/mol. The first-order valence-corrected chi connectivity index (χ1v) is 5.02. The molecule has 0 radical (unpaired) electrons. The molecule has 1 aliphatic rings. The van der Waals surface area contributed by atoms with Crippen molar-refractivity contribution in [1.82, 2.24) is 0 Å². The monoisotopic (exact) mass is 189 g/mol. The lowest BCUT2D eigenvalue weighted by atomic mass is 10.1. The first-order valence-electron chi connectivity index (χ1n) is 5.02. The second-order valence-corrected chi connectivity index (χ2v) is 3.45. The standard InChI is InChI=1S/C12H15NO/c13-7-2-1-3-10-4-5-12-11(9-10)6-8-14-12/h1,3-5,9H,2,6-8,13H2. The van der Waals surface area contributed by atoms with Crippen LogP contribution in [-0.4, -0.2) is 13.2 Å². The molecule has 1 aliphatic heterocycles. The van der Waals surface area contributed by atoms with Crippen LogP contribution in [0.15, 0.2) is 24.3 Å². The van der Waals surface area contributed by atoms with Crippen molar-refractivity contribution in [3.8, 4) is 5.75 Å². The zero-order chi connectivity index (χ0) is 9.80. The summed E-state index contributed by atoms with van der Waals surface area (Å²) in [5.41, 5.74) is 7.97. The van der Waals surface area contributed by atoms with Crippen molar-refractivity contribution in [2.75, 3.05) is 13.2 Å². The number of hydrogen-bond acceptors (Lipinski definition) is 2. The van der Waals surface area contributed by atoms with Crippen molar-refractivity contribution < 1.29 is 4.74 Å². The van der Waals surface area contributed by atoms with Gasteiger partial charge in [-0.05, 0) is 36.2 Å². The molecule has 1 aromatic carbocycles. The predicted molar refractivity (Wildman–Crippen MR) is 58.3 cm³/mol. The van der Waals surface area contributed by atoms with Gasteiger partial charge in [-0.15, -0.1) is 0 Å². The first kappa shape index (κ1) is 9.28. The maximum absolute atomic E-state index is 5.43. The van der Waals surface area contributed by atoms with Crippen LogP contribution in [0.4, 0.5) is 0 Å². The quantitative estimate of drug-likeness (QED) is 0.789. The van der Waals surface area contributed by atoms with Crippen LogP contribution in [0.3, 0.4) is 0 Å². The van der Waals surface area contributed by atoms with Crippen LogP contribution in [0.25, 0.3) is 6.08 Å². The third-order valence-corrected chi connectivity index (χ3v) is 2.36. The smallest absolute Gasteiger partial charge is 0.122 e. The van der Waals surface area contributed by atoms with E-state index in [0.717, 1.165) is 25.2 Å². The van der Waals surface area contributed by atoms with Crippen LogP contribution in [0.2, 0.25) is 0 Å². The highest BCUT2D eigenvalue weighted by Gasteiger charge is 2.10. The molecule has 0 spiro atoms. The molecule has 2 N–H and O–H groups in total. The normalized spacial score (nSPS) is 14.4. The third kappa shape index (κ3) is 1.96. The third-order valence-electron chi connectivity index (χ3n) is 2.36. The highest BCUT2D eigenvalue weighted by molar-refractivity contribution is 5.54. The summed E-state index contributed by atoms with van der Waals surface area (Å²) in [7, 11) is 0. The molecule has 0 saturated heterocycles. The summed E-state index contributed by atoms with van der Waals surface area (Å²) in [5.74, 6) is 1.04. The first-order chi connectivity index (χ1) is 6.90. The molecule has 0 unspecified atom stereocenters. The number of ether oxygens (including phenoxy) is 1. The number of hydrogen-bond donors (Lipinski definition) is 1. The Balaban J connectivity index is 2.12. The van der Waals surface area contributed by atoms with Crippen molar-refractivity contribution >= 4 is 6.08 Å². The van der Waals surface area contributed by atoms with Gasteiger partial charge in [-0.25, -0.2) is 0 Å². The van der Waals surface area contributed by atoms with Crippen LogP contribution < -0.4 is 10.5 Å². The molecule has 0 saturated carbocycles. The van der Waals surface area contributed by atoms with Gasteiger partial charge in [0.25, 0.3) is 0 Å². The Bertz CT molecular complexity index is 344. The number of rotatable bonds is 3. The summed E-state index contributed by atoms with van der Waals surface area (Å²) in [5, 5.41) is 0. The maximum Gasteiger partial charge on any atom is 0.122 e. The average Bonchev–Trinajstić information content (AvgIpc) is 2.65. The van der Waals surface area contributed by atoms with E-state index in [1.165, 1.54) is 11.1 Å². The van der Waals surface area contributed by atoms with Gasteiger partial charge >= 0.3 is 0 Å². The minimum Gasteiger partial charge on any atom is -0.493 e. The molecular formula is C12H15NO. The Morgan fingerprint density at radius 1 is 1.43 bits per heavy atom. The lowest BCUT2D eigenvalue weighted by Crippen LogP contribution is -1.94. The molecule has 74 valence electrons. The van der Waals surface area contributed by atoms with Gasteiger partial charge < -0.3 is 10.5 Å². The van der Waals surface area contributed by atoms with Crippen molar-refractivity contribution in [2.45, 2.75) is 12.8 Å². The largest absolute Gasteiger partial charge is 0.493 e. The van der Waals surface area contributed by atoms with Gasteiger partial charge in [0.2, 0.25) is 0 Å². The zero-order valence-corrected chi connectivity index (χ0v) is 8.20. The summed E-state index contributed by atoms with van der Waals surface area (Å²) < 4.78 is 5.43. The SMILES string of the molecule is NCCC=Cc1ccc2c(c1)CCO2. The molecule has 0 aliphatic carbocycles. The molecule has 1 heterocycles. The second-order valence-electron chi connectivity index (χ2n) is 3.45. The summed E-state index contributed by atoms with van der Waals surface area (Å²) in [6, 6.07) is 6.32. The van der Waals surface area contributed by atoms with E-state index in [4.69, 9.17) is 10.5 Å². The predicted octanol–water partition coefficient (Wildman–Crippen LogP) is 1.98. The van der Waals surface area contributed by atoms with Crippen LogP contribution >= 0.6 is 0 Å². The van der Waals surface area contributed by atoms with Crippen LogP contribution in [0.1, 0.15) is 17.5 Å². The zero-order valence-electron chi connectivity index (χ0n) is 8.20. The van der Waals surface area contributed by atoms with Crippen LogP contribution in [-0.2, 0) is 6.42 Å². The van der Waals surface area contributed by atoms with Crippen molar-refractivity contribution in [3.63, 3.8) is 0 Å². The Labute approximate surface area is 84.4 Å². The van der Waals surface area contributed by atoms with Gasteiger partial charge in [-0.2, -0.15) is 0 Å². The van der Waals surface area contributed by atoms with E-state index in [9.17, 15) is 0 Å². The molecule has 0 amide bonds. The van der Waals surface area contributed by atoms with Gasteiger partial charge in [0.05, 0.1) is 6.61 Å². The topological polar surface area (TPSA) is 35.2 Å². The number of benzene rings is 1. The van der Waals surface area contributed by atoms with Crippen molar-refractivity contribution in [3.05, 3.63) is 35.4 Å². The maximum atomic E-state index is 5.43. The van der Waals surface area contributed by atoms with E-state index in [2.05, 4.69) is 24.3 Å². The van der Waals surface area contributed by atoms with E-state index in [0.29, 0.717) is 6.54 Å². The molecule has 2 heteroatoms. The number of nitrogens with two attached hydrogens (primary N) is 1. The molecule has 14 heavy (non-hydrogen) atoms. The Hall–Kier alpha value is -1.28. The van der Waals surface area contributed by atoms with Crippen molar-refractivity contribution in [2.24, 2.45) is 5.73 Å². The van der Waals surface area contributed by atoms with Gasteiger partial charge in [0.15, 0.2) is 0 Å². The molecule has 0 aromatic heterocycles. The molecule has 1 aromatic rings.